The van der Waals surface area contributed by atoms with Crippen molar-refractivity contribution in [1.29, 1.82) is 0 Å². The Kier molecular flexibility index (Phi) is 5.22. The van der Waals surface area contributed by atoms with Crippen molar-refractivity contribution in [2.45, 2.75) is 32.5 Å². The molecule has 2 rings (SSSR count). The molecule has 0 saturated carbocycles. The van der Waals surface area contributed by atoms with Gasteiger partial charge >= 0.3 is 6.18 Å². The Morgan fingerprint density at radius 2 is 1.84 bits per heavy atom. The second kappa shape index (κ2) is 6.87. The van der Waals surface area contributed by atoms with Crippen LogP contribution in [0.25, 0.3) is 0 Å². The van der Waals surface area contributed by atoms with Gasteiger partial charge in [-0.3, -0.25) is 4.79 Å². The van der Waals surface area contributed by atoms with Crippen molar-refractivity contribution in [2.24, 2.45) is 0 Å². The molecule has 2 aromatic rings. The lowest BCUT2D eigenvalue weighted by Gasteiger charge is -2.20. The zero-order chi connectivity index (χ0) is 18.8. The van der Waals surface area contributed by atoms with Gasteiger partial charge in [0.25, 0.3) is 5.91 Å². The van der Waals surface area contributed by atoms with Gasteiger partial charge in [0.15, 0.2) is 0 Å². The molecule has 0 saturated heterocycles. The standard InChI is InChI=1S/C16H16ClF3N4O/c1-15(2,3)24-14-21-7-6-12(23-14)13(25)22-9-4-5-11(17)10(8-9)16(18,19)20/h4-8H,1-3H3,(H,22,25)(H,21,23,24). The molecule has 1 heterocycles. The summed E-state index contributed by atoms with van der Waals surface area (Å²) in [5, 5.41) is 4.94. The molecule has 1 aromatic carbocycles. The number of benzene rings is 1. The Morgan fingerprint density at radius 1 is 1.16 bits per heavy atom. The number of carbonyl (C=O) groups is 1. The van der Waals surface area contributed by atoms with E-state index in [-0.39, 0.29) is 22.9 Å². The van der Waals surface area contributed by atoms with Crippen molar-refractivity contribution < 1.29 is 18.0 Å². The molecule has 9 heteroatoms. The fraction of sp³-hybridized carbons (Fsp3) is 0.312. The van der Waals surface area contributed by atoms with Crippen LogP contribution in [0.4, 0.5) is 24.8 Å². The summed E-state index contributed by atoms with van der Waals surface area (Å²) < 4.78 is 38.6. The first-order valence-electron chi connectivity index (χ1n) is 7.25. The van der Waals surface area contributed by atoms with E-state index >= 15 is 0 Å². The molecule has 5 nitrogen and oxygen atoms in total. The van der Waals surface area contributed by atoms with Crippen LogP contribution in [0.1, 0.15) is 36.8 Å². The van der Waals surface area contributed by atoms with Crippen LogP contribution in [0.2, 0.25) is 5.02 Å². The summed E-state index contributed by atoms with van der Waals surface area (Å²) in [6, 6.07) is 4.50. The lowest BCUT2D eigenvalue weighted by Crippen LogP contribution is -2.28. The summed E-state index contributed by atoms with van der Waals surface area (Å²) in [5.74, 6) is -0.415. The van der Waals surface area contributed by atoms with Crippen LogP contribution in [0.15, 0.2) is 30.5 Å². The highest BCUT2D eigenvalue weighted by molar-refractivity contribution is 6.31. The predicted octanol–water partition coefficient (Wildman–Crippen LogP) is 4.61. The van der Waals surface area contributed by atoms with E-state index in [2.05, 4.69) is 20.6 Å². The van der Waals surface area contributed by atoms with E-state index in [1.807, 2.05) is 20.8 Å². The fourth-order valence-corrected chi connectivity index (χ4v) is 2.12. The zero-order valence-corrected chi connectivity index (χ0v) is 14.5. The maximum absolute atomic E-state index is 12.9. The van der Waals surface area contributed by atoms with E-state index in [0.29, 0.717) is 0 Å². The highest BCUT2D eigenvalue weighted by Crippen LogP contribution is 2.36. The van der Waals surface area contributed by atoms with Crippen LogP contribution in [-0.2, 0) is 6.18 Å². The number of nitrogens with zero attached hydrogens (tertiary/aromatic N) is 2. The Hall–Kier alpha value is -2.35. The minimum absolute atomic E-state index is 0.0188. The molecule has 0 radical (unpaired) electrons. The molecular weight excluding hydrogens is 357 g/mol. The Labute approximate surface area is 147 Å². The number of nitrogens with one attached hydrogen (secondary N) is 2. The number of halogens is 4. The summed E-state index contributed by atoms with van der Waals surface area (Å²) in [7, 11) is 0. The highest BCUT2D eigenvalue weighted by atomic mass is 35.5. The number of hydrogen-bond acceptors (Lipinski definition) is 4. The minimum atomic E-state index is -4.61. The lowest BCUT2D eigenvalue weighted by molar-refractivity contribution is -0.137. The molecule has 0 atom stereocenters. The smallest absolute Gasteiger partial charge is 0.350 e. The van der Waals surface area contributed by atoms with Gasteiger partial charge < -0.3 is 10.6 Å². The molecule has 0 unspecified atom stereocenters. The average molecular weight is 373 g/mol. The zero-order valence-electron chi connectivity index (χ0n) is 13.7. The number of anilines is 2. The molecule has 1 aromatic heterocycles. The van der Waals surface area contributed by atoms with Gasteiger partial charge in [0.2, 0.25) is 5.95 Å². The van der Waals surface area contributed by atoms with Crippen molar-refractivity contribution in [3.63, 3.8) is 0 Å². The van der Waals surface area contributed by atoms with Crippen LogP contribution in [0.3, 0.4) is 0 Å². The van der Waals surface area contributed by atoms with Crippen LogP contribution >= 0.6 is 11.6 Å². The average Bonchev–Trinajstić information content (AvgIpc) is 2.46. The van der Waals surface area contributed by atoms with Gasteiger partial charge in [-0.05, 0) is 45.0 Å². The summed E-state index contributed by atoms with van der Waals surface area (Å²) in [4.78, 5) is 20.3. The third-order valence-corrected chi connectivity index (χ3v) is 3.23. The van der Waals surface area contributed by atoms with Gasteiger partial charge in [-0.2, -0.15) is 13.2 Å². The van der Waals surface area contributed by atoms with Gasteiger partial charge in [-0.1, -0.05) is 11.6 Å². The summed E-state index contributed by atoms with van der Waals surface area (Å²) in [6.07, 6.45) is -3.23. The summed E-state index contributed by atoms with van der Waals surface area (Å²) >= 11 is 5.56. The Balaban J connectivity index is 2.22. The van der Waals surface area contributed by atoms with Crippen LogP contribution in [0, 0.1) is 0 Å². The number of rotatable bonds is 3. The number of alkyl halides is 3. The van der Waals surface area contributed by atoms with E-state index in [1.165, 1.54) is 18.3 Å². The number of hydrogen-bond donors (Lipinski definition) is 2. The second-order valence-electron chi connectivity index (χ2n) is 6.29. The molecule has 0 aliphatic heterocycles. The maximum atomic E-state index is 12.9. The molecule has 25 heavy (non-hydrogen) atoms. The molecule has 134 valence electrons. The maximum Gasteiger partial charge on any atom is 0.417 e. The van der Waals surface area contributed by atoms with Crippen molar-refractivity contribution in [3.05, 3.63) is 46.7 Å². The monoisotopic (exact) mass is 372 g/mol. The van der Waals surface area contributed by atoms with Crippen LogP contribution < -0.4 is 10.6 Å². The van der Waals surface area contributed by atoms with Crippen LogP contribution in [-0.4, -0.2) is 21.4 Å². The van der Waals surface area contributed by atoms with Crippen molar-refractivity contribution in [3.8, 4) is 0 Å². The highest BCUT2D eigenvalue weighted by Gasteiger charge is 2.33. The van der Waals surface area contributed by atoms with Crippen molar-refractivity contribution in [2.75, 3.05) is 10.6 Å². The first-order valence-corrected chi connectivity index (χ1v) is 7.63. The SMILES string of the molecule is CC(C)(C)Nc1nccc(C(=O)Nc2ccc(Cl)c(C(F)(F)F)c2)n1. The molecule has 0 bridgehead atoms. The third kappa shape index (κ3) is 5.32. The first-order chi connectivity index (χ1) is 11.5. The number of aromatic nitrogens is 2. The van der Waals surface area contributed by atoms with E-state index in [1.54, 1.807) is 0 Å². The van der Waals surface area contributed by atoms with E-state index < -0.39 is 22.7 Å². The van der Waals surface area contributed by atoms with E-state index in [9.17, 15) is 18.0 Å². The van der Waals surface area contributed by atoms with E-state index in [4.69, 9.17) is 11.6 Å². The van der Waals surface area contributed by atoms with Gasteiger partial charge in [0, 0.05) is 17.4 Å². The van der Waals surface area contributed by atoms with E-state index in [0.717, 1.165) is 12.1 Å². The van der Waals surface area contributed by atoms with Crippen LogP contribution in [0.5, 0.6) is 0 Å². The summed E-state index contributed by atoms with van der Waals surface area (Å²) in [5.41, 5.74) is -1.35. The van der Waals surface area contributed by atoms with Gasteiger partial charge in [-0.15, -0.1) is 0 Å². The number of carbonyl (C=O) groups excluding carboxylic acids is 1. The van der Waals surface area contributed by atoms with Crippen molar-refractivity contribution in [1.82, 2.24) is 9.97 Å². The number of amides is 1. The quantitative estimate of drug-likeness (QED) is 0.825. The first kappa shape index (κ1) is 19.0. The molecule has 2 N–H and O–H groups in total. The van der Waals surface area contributed by atoms with Crippen molar-refractivity contribution >= 4 is 29.1 Å². The molecular formula is C16H16ClF3N4O. The normalized spacial score (nSPS) is 12.0. The Morgan fingerprint density at radius 3 is 2.44 bits per heavy atom. The predicted molar refractivity (Wildman–Crippen MR) is 89.8 cm³/mol. The third-order valence-electron chi connectivity index (χ3n) is 2.90. The molecule has 0 fully saturated rings. The summed E-state index contributed by atoms with van der Waals surface area (Å²) in [6.45, 7) is 5.69. The Bertz CT molecular complexity index is 788. The fourth-order valence-electron chi connectivity index (χ4n) is 1.90. The van der Waals surface area contributed by atoms with Gasteiger partial charge in [-0.25, -0.2) is 9.97 Å². The van der Waals surface area contributed by atoms with Gasteiger partial charge in [0.05, 0.1) is 10.6 Å². The second-order valence-corrected chi connectivity index (χ2v) is 6.69. The molecule has 0 aliphatic rings. The molecule has 0 aliphatic carbocycles. The largest absolute Gasteiger partial charge is 0.417 e. The minimum Gasteiger partial charge on any atom is -0.350 e. The van der Waals surface area contributed by atoms with Gasteiger partial charge in [0.1, 0.15) is 5.69 Å². The molecule has 1 amide bonds. The topological polar surface area (TPSA) is 66.9 Å². The molecule has 0 spiro atoms. The lowest BCUT2D eigenvalue weighted by atomic mass is 10.1.